The highest BCUT2D eigenvalue weighted by Gasteiger charge is 2.50. The van der Waals surface area contributed by atoms with Crippen molar-refractivity contribution in [1.82, 2.24) is 0 Å². The van der Waals surface area contributed by atoms with Crippen LogP contribution in [-0.2, 0) is 16.9 Å². The van der Waals surface area contributed by atoms with Crippen LogP contribution in [0.1, 0.15) is 27.9 Å². The van der Waals surface area contributed by atoms with Crippen molar-refractivity contribution in [2.45, 2.75) is 18.6 Å². The molecule has 0 aliphatic carbocycles. The van der Waals surface area contributed by atoms with Crippen LogP contribution in [0, 0.1) is 0 Å². The van der Waals surface area contributed by atoms with Gasteiger partial charge in [0.05, 0.1) is 18.7 Å². The van der Waals surface area contributed by atoms with Crippen molar-refractivity contribution < 1.29 is 14.7 Å². The molecule has 158 valence electrons. The lowest BCUT2D eigenvalue weighted by Crippen LogP contribution is -2.41. The number of ketones is 1. The van der Waals surface area contributed by atoms with Crippen molar-refractivity contribution in [3.63, 3.8) is 0 Å². The van der Waals surface area contributed by atoms with Crippen LogP contribution in [0.3, 0.4) is 0 Å². The van der Waals surface area contributed by atoms with Gasteiger partial charge in [-0.25, -0.2) is 0 Å². The van der Waals surface area contributed by atoms with E-state index >= 15 is 0 Å². The van der Waals surface area contributed by atoms with E-state index in [0.29, 0.717) is 21.8 Å². The maximum atomic E-state index is 13.5. The molecule has 0 spiro atoms. The number of para-hydroxylation sites is 1. The van der Waals surface area contributed by atoms with Crippen LogP contribution in [0.25, 0.3) is 10.8 Å². The van der Waals surface area contributed by atoms with Crippen molar-refractivity contribution >= 4 is 39.8 Å². The normalized spacial score (nSPS) is 17.6. The number of halogens is 1. The number of benzene rings is 4. The smallest absolute Gasteiger partial charge is 0.264 e. The maximum absolute atomic E-state index is 13.5. The molecule has 1 amide bonds. The largest absolute Gasteiger partial charge is 0.375 e. The molecule has 4 aromatic carbocycles. The second-order valence-electron chi connectivity index (χ2n) is 7.99. The highest BCUT2D eigenvalue weighted by atomic mass is 35.5. The molecule has 5 heteroatoms. The number of Topliss-reactive ketones (excluding diaryl/α,β-unsaturated/α-hetero) is 1. The zero-order valence-corrected chi connectivity index (χ0v) is 17.9. The first kappa shape index (κ1) is 20.4. The number of amides is 1. The molecule has 0 saturated carbocycles. The Hall–Kier alpha value is -3.47. The number of carbonyl (C=O) groups is 2. The maximum Gasteiger partial charge on any atom is 0.264 e. The van der Waals surface area contributed by atoms with Crippen molar-refractivity contribution in [2.24, 2.45) is 0 Å². The van der Waals surface area contributed by atoms with Crippen LogP contribution < -0.4 is 4.90 Å². The number of aliphatic hydroxyl groups is 1. The monoisotopic (exact) mass is 441 g/mol. The Morgan fingerprint density at radius 2 is 1.56 bits per heavy atom. The minimum absolute atomic E-state index is 0.209. The SMILES string of the molecule is O=C(C[C@@]1(O)C(=O)N(Cc2ccccc2Cl)c2ccccc21)c1cccc2ccccc12. The predicted molar refractivity (Wildman–Crippen MR) is 126 cm³/mol. The fourth-order valence-electron chi connectivity index (χ4n) is 4.43. The van der Waals surface area contributed by atoms with Gasteiger partial charge < -0.3 is 10.0 Å². The van der Waals surface area contributed by atoms with Gasteiger partial charge in [0.15, 0.2) is 11.4 Å². The topological polar surface area (TPSA) is 57.6 Å². The third kappa shape index (κ3) is 3.29. The molecule has 5 rings (SSSR count). The lowest BCUT2D eigenvalue weighted by molar-refractivity contribution is -0.136. The van der Waals surface area contributed by atoms with Gasteiger partial charge >= 0.3 is 0 Å². The minimum Gasteiger partial charge on any atom is -0.375 e. The Labute approximate surface area is 190 Å². The fraction of sp³-hybridized carbons (Fsp3) is 0.111. The molecular formula is C27H20ClNO3. The van der Waals surface area contributed by atoms with E-state index in [2.05, 4.69) is 0 Å². The molecule has 0 radical (unpaired) electrons. The fourth-order valence-corrected chi connectivity index (χ4v) is 4.62. The third-order valence-electron chi connectivity index (χ3n) is 6.03. The summed E-state index contributed by atoms with van der Waals surface area (Å²) >= 11 is 6.31. The summed E-state index contributed by atoms with van der Waals surface area (Å²) in [5.74, 6) is -0.806. The molecule has 4 aromatic rings. The Morgan fingerprint density at radius 1 is 0.875 bits per heavy atom. The van der Waals surface area contributed by atoms with E-state index in [0.717, 1.165) is 16.3 Å². The molecule has 0 unspecified atom stereocenters. The first-order valence-electron chi connectivity index (χ1n) is 10.4. The van der Waals surface area contributed by atoms with Gasteiger partial charge in [-0.2, -0.15) is 0 Å². The van der Waals surface area contributed by atoms with E-state index < -0.39 is 11.5 Å². The van der Waals surface area contributed by atoms with Gasteiger partial charge in [0, 0.05) is 16.1 Å². The molecule has 0 saturated heterocycles. The van der Waals surface area contributed by atoms with Crippen LogP contribution in [0.2, 0.25) is 5.02 Å². The predicted octanol–water partition coefficient (Wildman–Crippen LogP) is 5.50. The van der Waals surface area contributed by atoms with Gasteiger partial charge in [0.2, 0.25) is 0 Å². The second kappa shape index (κ2) is 7.90. The zero-order valence-electron chi connectivity index (χ0n) is 17.2. The summed E-state index contributed by atoms with van der Waals surface area (Å²) in [6.45, 7) is 0.209. The zero-order chi connectivity index (χ0) is 22.3. The highest BCUT2D eigenvalue weighted by Crippen LogP contribution is 2.44. The van der Waals surface area contributed by atoms with Crippen LogP contribution in [-0.4, -0.2) is 16.8 Å². The summed E-state index contributed by atoms with van der Waals surface area (Å²) in [7, 11) is 0. The number of hydrogen-bond donors (Lipinski definition) is 1. The van der Waals surface area contributed by atoms with Gasteiger partial charge in [-0.1, -0.05) is 90.5 Å². The number of nitrogens with zero attached hydrogens (tertiary/aromatic N) is 1. The van der Waals surface area contributed by atoms with Crippen molar-refractivity contribution in [2.75, 3.05) is 4.90 Å². The second-order valence-corrected chi connectivity index (χ2v) is 8.39. The van der Waals surface area contributed by atoms with Crippen molar-refractivity contribution in [3.05, 3.63) is 113 Å². The lowest BCUT2D eigenvalue weighted by atomic mass is 9.87. The number of fused-ring (bicyclic) bond motifs is 2. The Morgan fingerprint density at radius 3 is 2.41 bits per heavy atom. The molecule has 0 bridgehead atoms. The molecule has 0 fully saturated rings. The Balaban J connectivity index is 1.53. The van der Waals surface area contributed by atoms with Crippen LogP contribution in [0.5, 0.6) is 0 Å². The van der Waals surface area contributed by atoms with E-state index in [1.807, 2.05) is 60.7 Å². The molecule has 1 aliphatic heterocycles. The quantitative estimate of drug-likeness (QED) is 0.416. The first-order valence-corrected chi connectivity index (χ1v) is 10.7. The summed E-state index contributed by atoms with van der Waals surface area (Å²) in [4.78, 5) is 28.4. The van der Waals surface area contributed by atoms with E-state index in [1.165, 1.54) is 4.90 Å². The van der Waals surface area contributed by atoms with Gasteiger partial charge in [-0.05, 0) is 28.5 Å². The number of carbonyl (C=O) groups excluding carboxylic acids is 2. The standard InChI is InChI=1S/C27H20ClNO3/c28-23-14-5-2-9-19(23)17-29-24-15-6-4-13-22(24)27(32,26(29)31)16-25(30)21-12-7-10-18-8-1-3-11-20(18)21/h1-15,32H,16-17H2/t27-/m0/s1. The van der Waals surface area contributed by atoms with Crippen LogP contribution >= 0.6 is 11.6 Å². The molecule has 1 heterocycles. The molecule has 4 nitrogen and oxygen atoms in total. The van der Waals surface area contributed by atoms with Gasteiger partial charge in [-0.15, -0.1) is 0 Å². The van der Waals surface area contributed by atoms with E-state index in [9.17, 15) is 14.7 Å². The number of anilines is 1. The number of rotatable bonds is 5. The summed E-state index contributed by atoms with van der Waals surface area (Å²) in [6.07, 6.45) is -0.337. The van der Waals surface area contributed by atoms with E-state index in [-0.39, 0.29) is 18.7 Å². The molecule has 0 aromatic heterocycles. The molecular weight excluding hydrogens is 422 g/mol. The molecule has 32 heavy (non-hydrogen) atoms. The van der Waals surface area contributed by atoms with Gasteiger partial charge in [0.25, 0.3) is 5.91 Å². The third-order valence-corrected chi connectivity index (χ3v) is 6.40. The molecule has 1 aliphatic rings. The van der Waals surface area contributed by atoms with E-state index in [4.69, 9.17) is 11.6 Å². The average molecular weight is 442 g/mol. The van der Waals surface area contributed by atoms with Crippen molar-refractivity contribution in [1.29, 1.82) is 0 Å². The highest BCUT2D eigenvalue weighted by molar-refractivity contribution is 6.31. The summed E-state index contributed by atoms with van der Waals surface area (Å²) in [5, 5.41) is 13.9. The molecule has 1 N–H and O–H groups in total. The van der Waals surface area contributed by atoms with Gasteiger partial charge in [-0.3, -0.25) is 9.59 Å². The summed E-state index contributed by atoms with van der Waals surface area (Å²) in [5.41, 5.74) is 0.343. The average Bonchev–Trinajstić information content (AvgIpc) is 3.02. The Kier molecular flexibility index (Phi) is 5.04. The summed E-state index contributed by atoms with van der Waals surface area (Å²) in [6, 6.07) is 27.4. The van der Waals surface area contributed by atoms with E-state index in [1.54, 1.807) is 30.3 Å². The number of hydrogen-bond acceptors (Lipinski definition) is 3. The molecule has 1 atom stereocenters. The first-order chi connectivity index (χ1) is 15.5. The van der Waals surface area contributed by atoms with Gasteiger partial charge in [0.1, 0.15) is 0 Å². The van der Waals surface area contributed by atoms with Crippen LogP contribution in [0.4, 0.5) is 5.69 Å². The minimum atomic E-state index is -1.94. The van der Waals surface area contributed by atoms with Crippen LogP contribution in [0.15, 0.2) is 91.0 Å². The Bertz CT molecular complexity index is 1360. The lowest BCUT2D eigenvalue weighted by Gasteiger charge is -2.23. The summed E-state index contributed by atoms with van der Waals surface area (Å²) < 4.78 is 0. The van der Waals surface area contributed by atoms with Crippen molar-refractivity contribution in [3.8, 4) is 0 Å².